The van der Waals surface area contributed by atoms with E-state index in [-0.39, 0.29) is 18.1 Å². The van der Waals surface area contributed by atoms with Crippen LogP contribution < -0.4 is 5.06 Å². The van der Waals surface area contributed by atoms with Gasteiger partial charge in [-0.15, -0.1) is 0 Å². The van der Waals surface area contributed by atoms with Gasteiger partial charge >= 0.3 is 0 Å². The van der Waals surface area contributed by atoms with Crippen LogP contribution in [0.15, 0.2) is 48.5 Å². The molecule has 3 unspecified atom stereocenters. The first-order chi connectivity index (χ1) is 13.4. The summed E-state index contributed by atoms with van der Waals surface area (Å²) < 4.78 is 0. The maximum absolute atomic E-state index is 12.9. The summed E-state index contributed by atoms with van der Waals surface area (Å²) >= 11 is 5.96. The Morgan fingerprint density at radius 1 is 1.14 bits per heavy atom. The van der Waals surface area contributed by atoms with Crippen LogP contribution >= 0.6 is 11.6 Å². The maximum Gasteiger partial charge on any atom is 0.269 e. The molecule has 0 aliphatic carbocycles. The van der Waals surface area contributed by atoms with E-state index >= 15 is 0 Å². The van der Waals surface area contributed by atoms with Crippen molar-refractivity contribution in [3.63, 3.8) is 0 Å². The zero-order valence-corrected chi connectivity index (χ0v) is 15.6. The summed E-state index contributed by atoms with van der Waals surface area (Å²) in [5.41, 5.74) is 1.02. The Labute approximate surface area is 165 Å². The summed E-state index contributed by atoms with van der Waals surface area (Å²) in [5.74, 6) is -1.53. The van der Waals surface area contributed by atoms with E-state index in [1.807, 2.05) is 0 Å². The minimum atomic E-state index is -0.965. The van der Waals surface area contributed by atoms with Crippen LogP contribution in [0.1, 0.15) is 18.5 Å². The van der Waals surface area contributed by atoms with Crippen molar-refractivity contribution in [3.05, 3.63) is 69.2 Å². The van der Waals surface area contributed by atoms with Gasteiger partial charge in [0.1, 0.15) is 5.92 Å². The molecule has 8 nitrogen and oxygen atoms in total. The quantitative estimate of drug-likeness (QED) is 0.444. The molecular weight excluding hydrogens is 386 g/mol. The minimum Gasteiger partial charge on any atom is -0.280 e. The number of non-ortho nitro benzene ring substituents is 1. The molecule has 2 saturated heterocycles. The number of fused-ring (bicyclic) bond motifs is 1. The Morgan fingerprint density at radius 3 is 2.50 bits per heavy atom. The van der Waals surface area contributed by atoms with Crippen molar-refractivity contribution in [1.82, 2.24) is 4.90 Å². The molecule has 2 aliphatic rings. The van der Waals surface area contributed by atoms with Gasteiger partial charge < -0.3 is 0 Å². The molecule has 4 rings (SSSR count). The number of amides is 2. The molecular formula is C19H16ClN3O5. The van der Waals surface area contributed by atoms with Crippen LogP contribution in [0, 0.1) is 16.0 Å². The number of halogens is 1. The molecule has 0 saturated carbocycles. The summed E-state index contributed by atoms with van der Waals surface area (Å²) in [6.07, 6.45) is -0.965. The lowest BCUT2D eigenvalue weighted by molar-refractivity contribution is -0.384. The molecule has 0 radical (unpaired) electrons. The van der Waals surface area contributed by atoms with Crippen LogP contribution in [0.2, 0.25) is 5.02 Å². The third-order valence-corrected chi connectivity index (χ3v) is 5.28. The van der Waals surface area contributed by atoms with Crippen molar-refractivity contribution in [1.29, 1.82) is 0 Å². The molecule has 2 aromatic rings. The Balaban J connectivity index is 1.82. The molecule has 0 aromatic heterocycles. The Bertz CT molecular complexity index is 964. The summed E-state index contributed by atoms with van der Waals surface area (Å²) in [6.45, 7) is 1.97. The zero-order valence-electron chi connectivity index (χ0n) is 14.8. The smallest absolute Gasteiger partial charge is 0.269 e. The van der Waals surface area contributed by atoms with E-state index in [4.69, 9.17) is 16.4 Å². The summed E-state index contributed by atoms with van der Waals surface area (Å²) in [6, 6.07) is 12.1. The Kier molecular flexibility index (Phi) is 4.52. The van der Waals surface area contributed by atoms with E-state index in [0.717, 1.165) is 0 Å². The fourth-order valence-electron chi connectivity index (χ4n) is 3.76. The molecule has 2 aliphatic heterocycles. The molecule has 0 N–H and O–H groups in total. The number of carbonyl (C=O) groups excluding carboxylic acids is 2. The first-order valence-electron chi connectivity index (χ1n) is 8.73. The van der Waals surface area contributed by atoms with Gasteiger partial charge in [0, 0.05) is 23.7 Å². The lowest BCUT2D eigenvalue weighted by Crippen LogP contribution is -2.37. The van der Waals surface area contributed by atoms with Gasteiger partial charge in [-0.25, -0.2) is 5.06 Å². The minimum absolute atomic E-state index is 0.0962. The first kappa shape index (κ1) is 18.4. The molecule has 144 valence electrons. The van der Waals surface area contributed by atoms with Gasteiger partial charge in [0.25, 0.3) is 11.6 Å². The highest BCUT2D eigenvalue weighted by Crippen LogP contribution is 2.47. The molecule has 2 aromatic carbocycles. The number of imide groups is 1. The number of nitro groups is 1. The van der Waals surface area contributed by atoms with Crippen LogP contribution in [-0.2, 0) is 14.4 Å². The number of rotatable bonds is 4. The standard InChI is InChI=1S/C19H16ClN3O5/c1-2-21-18(24)15-16(11-4-3-5-14(10-11)23(26)27)22(28-17(15)19(21)25)13-8-6-12(20)7-9-13/h3-10,15-17H,2H2,1H3. The highest BCUT2D eigenvalue weighted by atomic mass is 35.5. The van der Waals surface area contributed by atoms with Crippen LogP contribution in [0.4, 0.5) is 11.4 Å². The van der Waals surface area contributed by atoms with E-state index in [9.17, 15) is 19.7 Å². The monoisotopic (exact) mass is 401 g/mol. The topological polar surface area (TPSA) is 93.0 Å². The summed E-state index contributed by atoms with van der Waals surface area (Å²) in [7, 11) is 0. The predicted octanol–water partition coefficient (Wildman–Crippen LogP) is 3.11. The van der Waals surface area contributed by atoms with Gasteiger partial charge in [-0.3, -0.25) is 29.4 Å². The van der Waals surface area contributed by atoms with E-state index < -0.39 is 28.9 Å². The number of hydrogen-bond acceptors (Lipinski definition) is 6. The zero-order chi connectivity index (χ0) is 20.0. The molecule has 28 heavy (non-hydrogen) atoms. The second-order valence-corrected chi connectivity index (χ2v) is 7.01. The molecule has 3 atom stereocenters. The van der Waals surface area contributed by atoms with E-state index in [0.29, 0.717) is 16.3 Å². The van der Waals surface area contributed by atoms with Crippen LogP contribution in [0.5, 0.6) is 0 Å². The van der Waals surface area contributed by atoms with Gasteiger partial charge in [-0.2, -0.15) is 0 Å². The number of hydrogen-bond donors (Lipinski definition) is 0. The lowest BCUT2D eigenvalue weighted by atomic mass is 9.90. The van der Waals surface area contributed by atoms with Gasteiger partial charge in [0.2, 0.25) is 5.91 Å². The highest BCUT2D eigenvalue weighted by Gasteiger charge is 2.59. The molecule has 2 fully saturated rings. The van der Waals surface area contributed by atoms with E-state index in [1.54, 1.807) is 43.3 Å². The van der Waals surface area contributed by atoms with Crippen molar-refractivity contribution in [3.8, 4) is 0 Å². The second kappa shape index (κ2) is 6.88. The number of anilines is 1. The van der Waals surface area contributed by atoms with Crippen LogP contribution in [0.3, 0.4) is 0 Å². The fraction of sp³-hybridized carbons (Fsp3) is 0.263. The number of benzene rings is 2. The number of carbonyl (C=O) groups is 2. The van der Waals surface area contributed by atoms with Crippen molar-refractivity contribution in [2.45, 2.75) is 19.1 Å². The molecule has 0 spiro atoms. The van der Waals surface area contributed by atoms with Crippen molar-refractivity contribution >= 4 is 34.8 Å². The molecule has 9 heteroatoms. The second-order valence-electron chi connectivity index (χ2n) is 6.57. The normalized spacial score (nSPS) is 24.0. The van der Waals surface area contributed by atoms with Crippen molar-refractivity contribution in [2.75, 3.05) is 11.6 Å². The first-order valence-corrected chi connectivity index (χ1v) is 9.11. The largest absolute Gasteiger partial charge is 0.280 e. The average molecular weight is 402 g/mol. The molecule has 2 heterocycles. The molecule has 2 amide bonds. The number of likely N-dealkylation sites (tertiary alicyclic amines) is 1. The van der Waals surface area contributed by atoms with Crippen molar-refractivity contribution < 1.29 is 19.3 Å². The van der Waals surface area contributed by atoms with Crippen LogP contribution in [-0.4, -0.2) is 34.3 Å². The summed E-state index contributed by atoms with van der Waals surface area (Å²) in [5, 5.41) is 13.2. The van der Waals surface area contributed by atoms with Gasteiger partial charge in [0.05, 0.1) is 16.7 Å². The maximum atomic E-state index is 12.9. The third kappa shape index (κ3) is 2.81. The summed E-state index contributed by atoms with van der Waals surface area (Å²) in [4.78, 5) is 43.3. The Morgan fingerprint density at radius 2 is 1.86 bits per heavy atom. The molecule has 0 bridgehead atoms. The number of nitro benzene ring substituents is 1. The predicted molar refractivity (Wildman–Crippen MR) is 101 cm³/mol. The highest BCUT2D eigenvalue weighted by molar-refractivity contribution is 6.30. The van der Waals surface area contributed by atoms with Gasteiger partial charge in [0.15, 0.2) is 6.10 Å². The third-order valence-electron chi connectivity index (χ3n) is 5.03. The van der Waals surface area contributed by atoms with Crippen LogP contribution in [0.25, 0.3) is 0 Å². The van der Waals surface area contributed by atoms with E-state index in [2.05, 4.69) is 0 Å². The van der Waals surface area contributed by atoms with Gasteiger partial charge in [-0.05, 0) is 36.8 Å². The van der Waals surface area contributed by atoms with Crippen molar-refractivity contribution in [2.24, 2.45) is 5.92 Å². The number of hydroxylamine groups is 1. The number of likely N-dealkylation sites (N-methyl/N-ethyl adjacent to an activating group) is 1. The van der Waals surface area contributed by atoms with Gasteiger partial charge in [-0.1, -0.05) is 23.7 Å². The SMILES string of the molecule is CCN1C(=O)C2ON(c3ccc(Cl)cc3)C(c3cccc([N+](=O)[O-])c3)C2C1=O. The van der Waals surface area contributed by atoms with E-state index in [1.165, 1.54) is 22.1 Å². The average Bonchev–Trinajstić information content (AvgIpc) is 3.19. The number of nitrogens with zero attached hydrogens (tertiary/aromatic N) is 3. The Hall–Kier alpha value is -2.97. The fourth-order valence-corrected chi connectivity index (χ4v) is 3.88. The lowest BCUT2D eigenvalue weighted by Gasteiger charge is -2.28.